The highest BCUT2D eigenvalue weighted by Crippen LogP contribution is 2.23. The molecule has 190 valence electrons. The van der Waals surface area contributed by atoms with Crippen molar-refractivity contribution >= 4 is 28.0 Å². The van der Waals surface area contributed by atoms with Crippen molar-refractivity contribution in [3.63, 3.8) is 0 Å². The van der Waals surface area contributed by atoms with Gasteiger partial charge in [0.25, 0.3) is 0 Å². The van der Waals surface area contributed by atoms with Crippen LogP contribution in [0.2, 0.25) is 0 Å². The molecule has 2 N–H and O–H groups in total. The number of aliphatic imine (C=N–C) groups is 1. The Labute approximate surface area is 212 Å². The maximum atomic E-state index is 13.2. The van der Waals surface area contributed by atoms with Crippen LogP contribution in [0.15, 0.2) is 76.1 Å². The molecule has 1 aliphatic heterocycles. The highest BCUT2D eigenvalue weighted by Gasteiger charge is 2.25. The number of rotatable bonds is 6. The number of H-pyrrole nitrogens is 1. The summed E-state index contributed by atoms with van der Waals surface area (Å²) in [7, 11) is -1.98. The standard InChI is InChI=1S/C24H24FN9O2S/c1-32-15-18(12-31-32)17-10-22(27-11-17)23(30-16-26)33-6-8-34(9-7-33)24-28-13-21(14-29-24)37(35,36)20-4-2-19(25)3-5-20/h2-5,10-16,26-27H,6-9H2,1H3. The van der Waals surface area contributed by atoms with Crippen LogP contribution in [0.25, 0.3) is 11.1 Å². The fraction of sp³-hybridized carbons (Fsp3) is 0.208. The molecule has 37 heavy (non-hydrogen) atoms. The van der Waals surface area contributed by atoms with E-state index >= 15 is 0 Å². The number of aromatic nitrogens is 5. The van der Waals surface area contributed by atoms with E-state index in [4.69, 9.17) is 5.41 Å². The minimum absolute atomic E-state index is 0.0205. The largest absolute Gasteiger partial charge is 0.358 e. The number of anilines is 1. The van der Waals surface area contributed by atoms with Crippen LogP contribution < -0.4 is 4.90 Å². The van der Waals surface area contributed by atoms with Gasteiger partial charge < -0.3 is 14.8 Å². The third-order valence-electron chi connectivity index (χ3n) is 6.06. The first-order chi connectivity index (χ1) is 17.8. The second kappa shape index (κ2) is 9.93. The average molecular weight is 522 g/mol. The van der Waals surface area contributed by atoms with Gasteiger partial charge in [0.05, 0.1) is 29.2 Å². The van der Waals surface area contributed by atoms with E-state index in [-0.39, 0.29) is 9.79 Å². The molecule has 1 fully saturated rings. The maximum Gasteiger partial charge on any atom is 0.225 e. The number of nitrogens with one attached hydrogen (secondary N) is 2. The van der Waals surface area contributed by atoms with Gasteiger partial charge in [-0.1, -0.05) is 0 Å². The number of benzene rings is 1. The molecule has 0 bridgehead atoms. The van der Waals surface area contributed by atoms with Crippen molar-refractivity contribution in [1.82, 2.24) is 29.6 Å². The van der Waals surface area contributed by atoms with Crippen molar-refractivity contribution in [2.45, 2.75) is 9.79 Å². The van der Waals surface area contributed by atoms with E-state index in [1.807, 2.05) is 30.4 Å². The summed E-state index contributed by atoms with van der Waals surface area (Å²) in [6, 6.07) is 6.62. The minimum Gasteiger partial charge on any atom is -0.358 e. The van der Waals surface area contributed by atoms with Crippen molar-refractivity contribution in [2.75, 3.05) is 31.1 Å². The van der Waals surface area contributed by atoms with Crippen LogP contribution in [-0.4, -0.2) is 76.4 Å². The SMILES string of the molecule is Cn1cc(-c2c[nH]c(C(=NC=N)N3CCN(c4ncc(S(=O)(=O)c5ccc(F)cc5)cn4)CC3)c2)cn1. The number of amidine groups is 1. The molecule has 4 aromatic rings. The third-order valence-corrected chi connectivity index (χ3v) is 7.78. The van der Waals surface area contributed by atoms with Gasteiger partial charge in [-0.05, 0) is 30.3 Å². The highest BCUT2D eigenvalue weighted by atomic mass is 32.2. The predicted molar refractivity (Wildman–Crippen MR) is 136 cm³/mol. The molecule has 1 aromatic carbocycles. The molecule has 0 atom stereocenters. The van der Waals surface area contributed by atoms with Crippen LogP contribution in [0, 0.1) is 11.2 Å². The Balaban J connectivity index is 1.27. The van der Waals surface area contributed by atoms with E-state index in [1.165, 1.54) is 24.5 Å². The lowest BCUT2D eigenvalue weighted by molar-refractivity contribution is 0.383. The minimum atomic E-state index is -3.84. The lowest BCUT2D eigenvalue weighted by atomic mass is 10.2. The summed E-state index contributed by atoms with van der Waals surface area (Å²) >= 11 is 0. The molecule has 11 nitrogen and oxygen atoms in total. The molecular weight excluding hydrogens is 497 g/mol. The molecule has 5 rings (SSSR count). The molecule has 1 saturated heterocycles. The maximum absolute atomic E-state index is 13.2. The summed E-state index contributed by atoms with van der Waals surface area (Å²) in [6.07, 6.45) is 9.17. The molecule has 0 unspecified atom stereocenters. The van der Waals surface area contributed by atoms with Crippen molar-refractivity contribution in [3.05, 3.63) is 72.8 Å². The number of nitrogens with zero attached hydrogens (tertiary/aromatic N) is 7. The first-order valence-corrected chi connectivity index (χ1v) is 12.9. The van der Waals surface area contributed by atoms with Crippen molar-refractivity contribution in [3.8, 4) is 11.1 Å². The number of aryl methyl sites for hydroxylation is 1. The second-order valence-electron chi connectivity index (χ2n) is 8.44. The number of aromatic amines is 1. The zero-order valence-corrected chi connectivity index (χ0v) is 20.7. The summed E-state index contributed by atoms with van der Waals surface area (Å²) in [5.41, 5.74) is 2.75. The van der Waals surface area contributed by atoms with Crippen LogP contribution in [0.3, 0.4) is 0 Å². The first kappa shape index (κ1) is 24.3. The van der Waals surface area contributed by atoms with Gasteiger partial charge in [0.1, 0.15) is 17.1 Å². The Morgan fingerprint density at radius 1 is 1.05 bits per heavy atom. The topological polar surface area (TPSA) is 136 Å². The van der Waals surface area contributed by atoms with Crippen molar-refractivity contribution in [1.29, 1.82) is 5.41 Å². The number of hydrogen-bond acceptors (Lipinski definition) is 7. The first-order valence-electron chi connectivity index (χ1n) is 11.4. The van der Waals surface area contributed by atoms with Gasteiger partial charge in [-0.15, -0.1) is 0 Å². The average Bonchev–Trinajstić information content (AvgIpc) is 3.57. The van der Waals surface area contributed by atoms with Gasteiger partial charge in [0.2, 0.25) is 15.8 Å². The van der Waals surface area contributed by atoms with Crippen LogP contribution in [0.5, 0.6) is 0 Å². The normalized spacial score (nSPS) is 14.7. The van der Waals surface area contributed by atoms with Crippen LogP contribution in [0.1, 0.15) is 5.69 Å². The molecule has 0 spiro atoms. The van der Waals surface area contributed by atoms with E-state index < -0.39 is 15.7 Å². The second-order valence-corrected chi connectivity index (χ2v) is 10.4. The van der Waals surface area contributed by atoms with Crippen molar-refractivity contribution < 1.29 is 12.8 Å². The molecule has 4 heterocycles. The van der Waals surface area contributed by atoms with Gasteiger partial charge in [-0.3, -0.25) is 10.1 Å². The Morgan fingerprint density at radius 3 is 2.38 bits per heavy atom. The molecule has 13 heteroatoms. The molecule has 3 aromatic heterocycles. The number of piperazine rings is 1. The quantitative estimate of drug-likeness (QED) is 0.226. The smallest absolute Gasteiger partial charge is 0.225 e. The summed E-state index contributed by atoms with van der Waals surface area (Å²) in [5, 5.41) is 11.7. The molecule has 0 radical (unpaired) electrons. The van der Waals surface area contributed by atoms with E-state index in [1.54, 1.807) is 10.9 Å². The Kier molecular flexibility index (Phi) is 6.53. The van der Waals surface area contributed by atoms with Gasteiger partial charge in [0, 0.05) is 56.7 Å². The predicted octanol–water partition coefficient (Wildman–Crippen LogP) is 2.35. The van der Waals surface area contributed by atoms with E-state index in [0.717, 1.165) is 35.3 Å². The van der Waals surface area contributed by atoms with Gasteiger partial charge in [-0.25, -0.2) is 27.8 Å². The van der Waals surface area contributed by atoms with Gasteiger partial charge in [-0.2, -0.15) is 5.10 Å². The van der Waals surface area contributed by atoms with E-state index in [2.05, 4.69) is 29.9 Å². The summed E-state index contributed by atoms with van der Waals surface area (Å²) < 4.78 is 40.5. The van der Waals surface area contributed by atoms with E-state index in [0.29, 0.717) is 38.0 Å². The lowest BCUT2D eigenvalue weighted by Gasteiger charge is -2.36. The van der Waals surface area contributed by atoms with Crippen LogP contribution in [0.4, 0.5) is 10.3 Å². The van der Waals surface area contributed by atoms with Gasteiger partial charge >= 0.3 is 0 Å². The zero-order chi connectivity index (χ0) is 26.0. The van der Waals surface area contributed by atoms with E-state index in [9.17, 15) is 12.8 Å². The number of hydrogen-bond donors (Lipinski definition) is 2. The third kappa shape index (κ3) is 4.98. The summed E-state index contributed by atoms with van der Waals surface area (Å²) in [6.45, 7) is 2.37. The molecule has 0 amide bonds. The molecule has 1 aliphatic rings. The van der Waals surface area contributed by atoms with Crippen LogP contribution >= 0.6 is 0 Å². The molecule has 0 aliphatic carbocycles. The Hall–Kier alpha value is -4.39. The number of sulfone groups is 1. The summed E-state index contributed by atoms with van der Waals surface area (Å²) in [4.78, 5) is 20.1. The fourth-order valence-electron chi connectivity index (χ4n) is 4.12. The Bertz CT molecular complexity index is 1540. The highest BCUT2D eigenvalue weighted by molar-refractivity contribution is 7.91. The monoisotopic (exact) mass is 521 g/mol. The molecular formula is C24H24FN9O2S. The summed E-state index contributed by atoms with van der Waals surface area (Å²) in [5.74, 6) is 0.567. The van der Waals surface area contributed by atoms with Crippen LogP contribution in [-0.2, 0) is 16.9 Å². The number of halogens is 1. The fourth-order valence-corrected chi connectivity index (χ4v) is 5.27. The lowest BCUT2D eigenvalue weighted by Crippen LogP contribution is -2.49. The van der Waals surface area contributed by atoms with Crippen molar-refractivity contribution in [2.24, 2.45) is 12.0 Å². The molecule has 0 saturated carbocycles. The zero-order valence-electron chi connectivity index (χ0n) is 19.9. The van der Waals surface area contributed by atoms with Gasteiger partial charge in [0.15, 0.2) is 5.84 Å². The Morgan fingerprint density at radius 2 is 1.76 bits per heavy atom.